The van der Waals surface area contributed by atoms with E-state index < -0.39 is 0 Å². The standard InChI is InChI=1S/C29H33N7O2/c1-20-7-6-8-21(2)26(20)36-19-22-18-30-28-31-23-9-10-24(34-14-12-33(3)13-15-34)25(17-23)38-16-5-4-11-35(29(36)37)27(22)32-28/h4-10,17-18H,11-16,19H2,1-3H3,(H,30,31,32)/b5-4+. The van der Waals surface area contributed by atoms with Gasteiger partial charge in [-0.15, -0.1) is 0 Å². The van der Waals surface area contributed by atoms with Crippen molar-refractivity contribution >= 4 is 34.9 Å². The lowest BCUT2D eigenvalue weighted by atomic mass is 10.1. The van der Waals surface area contributed by atoms with Crippen molar-refractivity contribution in [3.05, 3.63) is 71.4 Å². The molecule has 1 saturated heterocycles. The highest BCUT2D eigenvalue weighted by Gasteiger charge is 2.34. The fourth-order valence-electron chi connectivity index (χ4n) is 5.38. The number of carbonyl (C=O) groups excluding carboxylic acids is 1. The number of para-hydroxylation sites is 1. The highest BCUT2D eigenvalue weighted by Crippen LogP contribution is 2.36. The molecule has 0 spiro atoms. The van der Waals surface area contributed by atoms with Crippen molar-refractivity contribution in [1.29, 1.82) is 0 Å². The first-order chi connectivity index (χ1) is 18.5. The molecule has 1 fully saturated rings. The zero-order valence-corrected chi connectivity index (χ0v) is 22.1. The van der Waals surface area contributed by atoms with E-state index in [2.05, 4.69) is 33.2 Å². The van der Waals surface area contributed by atoms with Crippen LogP contribution in [-0.4, -0.2) is 67.3 Å². The summed E-state index contributed by atoms with van der Waals surface area (Å²) < 4.78 is 6.25. The maximum absolute atomic E-state index is 13.8. The lowest BCUT2D eigenvalue weighted by molar-refractivity contribution is 0.250. The Kier molecular flexibility index (Phi) is 6.37. The minimum atomic E-state index is -0.0992. The summed E-state index contributed by atoms with van der Waals surface area (Å²) in [6.07, 6.45) is 5.77. The van der Waals surface area contributed by atoms with Gasteiger partial charge in [-0.2, -0.15) is 4.98 Å². The number of nitrogens with one attached hydrogen (secondary N) is 1. The molecule has 0 aliphatic carbocycles. The number of anilines is 5. The summed E-state index contributed by atoms with van der Waals surface area (Å²) in [6.45, 7) is 9.24. The van der Waals surface area contributed by atoms with Crippen LogP contribution in [0.4, 0.5) is 33.6 Å². The normalized spacial score (nSPS) is 18.6. The third-order valence-corrected chi connectivity index (χ3v) is 7.45. The van der Waals surface area contributed by atoms with Crippen LogP contribution in [0, 0.1) is 13.8 Å². The molecule has 9 nitrogen and oxygen atoms in total. The Morgan fingerprint density at radius 3 is 2.55 bits per heavy atom. The molecule has 38 heavy (non-hydrogen) atoms. The van der Waals surface area contributed by atoms with Crippen molar-refractivity contribution in [2.24, 2.45) is 0 Å². The summed E-state index contributed by atoms with van der Waals surface area (Å²) in [7, 11) is 2.15. The van der Waals surface area contributed by atoms with E-state index in [1.165, 1.54) is 0 Å². The minimum absolute atomic E-state index is 0.0992. The van der Waals surface area contributed by atoms with Gasteiger partial charge >= 0.3 is 6.03 Å². The molecule has 0 radical (unpaired) electrons. The van der Waals surface area contributed by atoms with Crippen molar-refractivity contribution in [3.63, 3.8) is 0 Å². The maximum Gasteiger partial charge on any atom is 0.330 e. The van der Waals surface area contributed by atoms with Gasteiger partial charge in [-0.25, -0.2) is 9.78 Å². The topological polar surface area (TPSA) is 77.1 Å². The van der Waals surface area contributed by atoms with Crippen LogP contribution < -0.4 is 24.8 Å². The Bertz CT molecular complexity index is 1380. The SMILES string of the molecule is Cc1cccc(C)c1N1Cc2cnc3nc2N(C/C=C/COc2cc(ccc2N2CCN(C)CC2)N3)C1=O. The molecule has 2 aromatic carbocycles. The average molecular weight is 512 g/mol. The lowest BCUT2D eigenvalue weighted by Crippen LogP contribution is -2.48. The number of nitrogens with zero attached hydrogens (tertiary/aromatic N) is 6. The number of carbonyl (C=O) groups is 1. The second-order valence-electron chi connectivity index (χ2n) is 10.1. The summed E-state index contributed by atoms with van der Waals surface area (Å²) in [4.78, 5) is 31.5. The van der Waals surface area contributed by atoms with Gasteiger partial charge in [0.1, 0.15) is 18.2 Å². The van der Waals surface area contributed by atoms with Gasteiger partial charge in [0.2, 0.25) is 5.95 Å². The van der Waals surface area contributed by atoms with Gasteiger partial charge in [-0.3, -0.25) is 9.80 Å². The molecule has 9 heteroatoms. The smallest absolute Gasteiger partial charge is 0.330 e. The molecule has 196 valence electrons. The van der Waals surface area contributed by atoms with Gasteiger partial charge in [0.15, 0.2) is 0 Å². The van der Waals surface area contributed by atoms with E-state index in [1.54, 1.807) is 4.90 Å². The van der Waals surface area contributed by atoms with Crippen LogP contribution in [0.2, 0.25) is 0 Å². The zero-order valence-electron chi connectivity index (χ0n) is 22.1. The van der Waals surface area contributed by atoms with E-state index in [0.29, 0.717) is 31.5 Å². The molecule has 0 atom stereocenters. The Morgan fingerprint density at radius 1 is 0.974 bits per heavy atom. The second kappa shape index (κ2) is 9.98. The van der Waals surface area contributed by atoms with Crippen LogP contribution in [0.25, 0.3) is 0 Å². The second-order valence-corrected chi connectivity index (χ2v) is 10.1. The fraction of sp³-hybridized carbons (Fsp3) is 0.345. The Hall–Kier alpha value is -4.11. The number of amides is 2. The molecule has 0 unspecified atom stereocenters. The van der Waals surface area contributed by atoms with Gasteiger partial charge in [0.05, 0.1) is 17.9 Å². The van der Waals surface area contributed by atoms with Crippen LogP contribution in [0.3, 0.4) is 0 Å². The number of ether oxygens (including phenoxy) is 1. The van der Waals surface area contributed by atoms with Crippen molar-refractivity contribution < 1.29 is 9.53 Å². The molecular weight excluding hydrogens is 478 g/mol. The number of likely N-dealkylation sites (N-methyl/N-ethyl adjacent to an activating group) is 1. The van der Waals surface area contributed by atoms with E-state index >= 15 is 0 Å². The lowest BCUT2D eigenvalue weighted by Gasteiger charge is -2.37. The summed E-state index contributed by atoms with van der Waals surface area (Å²) in [5.74, 6) is 1.90. The maximum atomic E-state index is 13.8. The molecule has 6 rings (SSSR count). The molecule has 2 amide bonds. The fourth-order valence-corrected chi connectivity index (χ4v) is 5.38. The van der Waals surface area contributed by atoms with Crippen molar-refractivity contribution in [2.45, 2.75) is 20.4 Å². The third kappa shape index (κ3) is 4.54. The van der Waals surface area contributed by atoms with Crippen LogP contribution in [0.15, 0.2) is 54.7 Å². The molecule has 4 heterocycles. The molecular formula is C29H33N7O2. The summed E-state index contributed by atoms with van der Waals surface area (Å²) in [6, 6.07) is 12.1. The van der Waals surface area contributed by atoms with Crippen LogP contribution in [0.1, 0.15) is 16.7 Å². The number of aromatic nitrogens is 2. The predicted octanol–water partition coefficient (Wildman–Crippen LogP) is 4.48. The van der Waals surface area contributed by atoms with Crippen LogP contribution in [0.5, 0.6) is 5.75 Å². The van der Waals surface area contributed by atoms with Gasteiger partial charge in [0, 0.05) is 56.2 Å². The Balaban J connectivity index is 1.34. The number of piperazine rings is 1. The van der Waals surface area contributed by atoms with E-state index in [0.717, 1.165) is 65.7 Å². The Morgan fingerprint density at radius 2 is 1.76 bits per heavy atom. The number of urea groups is 1. The molecule has 3 aliphatic rings. The molecule has 1 aromatic heterocycles. The number of fused-ring (bicyclic) bond motifs is 3. The summed E-state index contributed by atoms with van der Waals surface area (Å²) in [5.41, 5.74) is 5.89. The molecule has 1 N–H and O–H groups in total. The number of benzene rings is 2. The number of hydrogen-bond acceptors (Lipinski definition) is 7. The highest BCUT2D eigenvalue weighted by atomic mass is 16.5. The first-order valence-electron chi connectivity index (χ1n) is 13.1. The van der Waals surface area contributed by atoms with Crippen LogP contribution >= 0.6 is 0 Å². The number of hydrogen-bond donors (Lipinski definition) is 1. The van der Waals surface area contributed by atoms with Crippen molar-refractivity contribution in [3.8, 4) is 5.75 Å². The predicted molar refractivity (Wildman–Crippen MR) is 151 cm³/mol. The van der Waals surface area contributed by atoms with E-state index in [4.69, 9.17) is 9.72 Å². The zero-order chi connectivity index (χ0) is 26.2. The van der Waals surface area contributed by atoms with Gasteiger partial charge in [0.25, 0.3) is 0 Å². The third-order valence-electron chi connectivity index (χ3n) is 7.45. The summed E-state index contributed by atoms with van der Waals surface area (Å²) >= 11 is 0. The van der Waals surface area contributed by atoms with Gasteiger partial charge in [-0.05, 0) is 50.2 Å². The first kappa shape index (κ1) is 24.2. The molecule has 3 aromatic rings. The Labute approximate surface area is 223 Å². The molecule has 4 bridgehead atoms. The highest BCUT2D eigenvalue weighted by molar-refractivity contribution is 6.06. The average Bonchev–Trinajstić information content (AvgIpc) is 2.91. The molecule has 3 aliphatic heterocycles. The number of aryl methyl sites for hydroxylation is 2. The monoisotopic (exact) mass is 511 g/mol. The molecule has 0 saturated carbocycles. The minimum Gasteiger partial charge on any atom is -0.487 e. The largest absolute Gasteiger partial charge is 0.487 e. The quantitative estimate of drug-likeness (QED) is 0.508. The van der Waals surface area contributed by atoms with Gasteiger partial charge in [-0.1, -0.05) is 24.3 Å². The van der Waals surface area contributed by atoms with E-state index in [1.807, 2.05) is 67.4 Å². The first-order valence-corrected chi connectivity index (χ1v) is 13.1. The van der Waals surface area contributed by atoms with Crippen molar-refractivity contribution in [2.75, 3.05) is 66.4 Å². The van der Waals surface area contributed by atoms with Gasteiger partial charge < -0.3 is 19.9 Å². The van der Waals surface area contributed by atoms with E-state index in [9.17, 15) is 4.79 Å². The number of rotatable bonds is 2. The van der Waals surface area contributed by atoms with Crippen LogP contribution in [-0.2, 0) is 6.54 Å². The van der Waals surface area contributed by atoms with E-state index in [-0.39, 0.29) is 6.03 Å². The summed E-state index contributed by atoms with van der Waals surface area (Å²) in [5, 5.41) is 3.33. The van der Waals surface area contributed by atoms with Crippen molar-refractivity contribution in [1.82, 2.24) is 14.9 Å².